The standard InChI is InChI=1S/C17H22F3N5O2/c18-17(19,20)15-13(7-23-24-16(15)26)25-8-11-12(9-25)22-6-3-14(11)27-10-1-4-21-5-2-10/h3,6,10,13,15,21,23H,1-2,4-5,7-9H2,(H,24,26). The van der Waals surface area contributed by atoms with E-state index in [2.05, 4.69) is 21.2 Å². The first-order chi connectivity index (χ1) is 12.9. The maximum Gasteiger partial charge on any atom is 0.402 e. The molecule has 4 heterocycles. The maximum atomic E-state index is 13.5. The van der Waals surface area contributed by atoms with Crippen molar-refractivity contribution >= 4 is 5.91 Å². The van der Waals surface area contributed by atoms with E-state index in [0.717, 1.165) is 31.5 Å². The number of halogens is 3. The number of piperidine rings is 1. The number of nitrogens with zero attached hydrogens (tertiary/aromatic N) is 2. The van der Waals surface area contributed by atoms with Gasteiger partial charge in [0.05, 0.1) is 5.69 Å². The smallest absolute Gasteiger partial charge is 0.402 e. The molecule has 2 fully saturated rings. The molecule has 0 saturated carbocycles. The van der Waals surface area contributed by atoms with E-state index in [-0.39, 0.29) is 25.7 Å². The molecule has 0 spiro atoms. The van der Waals surface area contributed by atoms with Gasteiger partial charge in [-0.3, -0.25) is 20.1 Å². The zero-order valence-electron chi connectivity index (χ0n) is 14.7. The van der Waals surface area contributed by atoms with Crippen LogP contribution < -0.4 is 20.9 Å². The molecule has 4 rings (SSSR count). The van der Waals surface area contributed by atoms with Crippen molar-refractivity contribution in [1.29, 1.82) is 0 Å². The molecule has 0 bridgehead atoms. The van der Waals surface area contributed by atoms with Gasteiger partial charge in [-0.2, -0.15) is 13.2 Å². The van der Waals surface area contributed by atoms with Crippen molar-refractivity contribution in [3.8, 4) is 5.75 Å². The van der Waals surface area contributed by atoms with Gasteiger partial charge in [-0.15, -0.1) is 0 Å². The topological polar surface area (TPSA) is 78.5 Å². The Balaban J connectivity index is 1.53. The lowest BCUT2D eigenvalue weighted by Crippen LogP contribution is -2.63. The summed E-state index contributed by atoms with van der Waals surface area (Å²) in [6.45, 7) is 2.36. The van der Waals surface area contributed by atoms with E-state index in [1.165, 1.54) is 0 Å². The molecule has 148 valence electrons. The molecule has 2 atom stereocenters. The molecule has 1 aromatic rings. The number of hydrogen-bond donors (Lipinski definition) is 3. The minimum absolute atomic E-state index is 0.0222. The number of hydrogen-bond acceptors (Lipinski definition) is 6. The molecule has 3 aliphatic heterocycles. The first-order valence-electron chi connectivity index (χ1n) is 9.11. The highest BCUT2D eigenvalue weighted by Gasteiger charge is 2.53. The highest BCUT2D eigenvalue weighted by atomic mass is 19.4. The fraction of sp³-hybridized carbons (Fsp3) is 0.647. The summed E-state index contributed by atoms with van der Waals surface area (Å²) in [5.41, 5.74) is 6.21. The van der Waals surface area contributed by atoms with Crippen LogP contribution in [0.5, 0.6) is 5.75 Å². The van der Waals surface area contributed by atoms with Gasteiger partial charge in [0.1, 0.15) is 11.9 Å². The third kappa shape index (κ3) is 3.74. The highest BCUT2D eigenvalue weighted by molar-refractivity contribution is 5.80. The van der Waals surface area contributed by atoms with Crippen LogP contribution in [0.4, 0.5) is 13.2 Å². The molecule has 1 amide bonds. The van der Waals surface area contributed by atoms with E-state index in [9.17, 15) is 18.0 Å². The molecular weight excluding hydrogens is 363 g/mol. The minimum atomic E-state index is -4.60. The summed E-state index contributed by atoms with van der Waals surface area (Å²) in [7, 11) is 0. The van der Waals surface area contributed by atoms with Crippen LogP contribution >= 0.6 is 0 Å². The maximum absolute atomic E-state index is 13.5. The number of hydrazine groups is 1. The lowest BCUT2D eigenvalue weighted by atomic mass is 9.95. The molecule has 0 radical (unpaired) electrons. The largest absolute Gasteiger partial charge is 0.490 e. The second-order valence-corrected chi connectivity index (χ2v) is 7.16. The van der Waals surface area contributed by atoms with Crippen molar-refractivity contribution in [3.05, 3.63) is 23.5 Å². The van der Waals surface area contributed by atoms with Gasteiger partial charge < -0.3 is 10.1 Å². The average molecular weight is 385 g/mol. The number of alkyl halides is 3. The Hall–Kier alpha value is -1.91. The van der Waals surface area contributed by atoms with E-state index in [4.69, 9.17) is 4.74 Å². The molecule has 27 heavy (non-hydrogen) atoms. The lowest BCUT2D eigenvalue weighted by molar-refractivity contribution is -0.201. The van der Waals surface area contributed by atoms with Gasteiger partial charge in [0.2, 0.25) is 5.91 Å². The summed E-state index contributed by atoms with van der Waals surface area (Å²) in [5, 5.41) is 3.27. The van der Waals surface area contributed by atoms with Crippen LogP contribution in [0, 0.1) is 5.92 Å². The fourth-order valence-electron chi connectivity index (χ4n) is 4.03. The number of nitrogens with one attached hydrogen (secondary N) is 3. The molecule has 1 aromatic heterocycles. The third-order valence-electron chi connectivity index (χ3n) is 5.41. The van der Waals surface area contributed by atoms with E-state index < -0.39 is 24.0 Å². The van der Waals surface area contributed by atoms with Crippen LogP contribution in [0.25, 0.3) is 0 Å². The number of aromatic nitrogens is 1. The normalized spacial score (nSPS) is 27.3. The van der Waals surface area contributed by atoms with Crippen LogP contribution in [0.2, 0.25) is 0 Å². The SMILES string of the molecule is O=C1NNCC(N2Cc3nccc(OC4CCNCC4)c3C2)C1C(F)(F)F. The van der Waals surface area contributed by atoms with Crippen molar-refractivity contribution in [1.82, 2.24) is 26.1 Å². The first kappa shape index (κ1) is 18.5. The number of fused-ring (bicyclic) bond motifs is 1. The molecule has 2 unspecified atom stereocenters. The Morgan fingerprint density at radius 3 is 2.74 bits per heavy atom. The predicted octanol–water partition coefficient (Wildman–Crippen LogP) is 0.709. The number of pyridine rings is 1. The molecule has 10 heteroatoms. The number of rotatable bonds is 3. The van der Waals surface area contributed by atoms with Crippen LogP contribution in [-0.2, 0) is 17.9 Å². The first-order valence-corrected chi connectivity index (χ1v) is 9.11. The van der Waals surface area contributed by atoms with Gasteiger partial charge in [0.15, 0.2) is 5.92 Å². The van der Waals surface area contributed by atoms with E-state index in [1.807, 2.05) is 0 Å². The van der Waals surface area contributed by atoms with E-state index >= 15 is 0 Å². The van der Waals surface area contributed by atoms with Crippen molar-refractivity contribution in [2.45, 2.75) is 44.3 Å². The zero-order chi connectivity index (χ0) is 19.0. The van der Waals surface area contributed by atoms with E-state index in [0.29, 0.717) is 11.4 Å². The minimum Gasteiger partial charge on any atom is -0.490 e. The summed E-state index contributed by atoms with van der Waals surface area (Å²) >= 11 is 0. The van der Waals surface area contributed by atoms with Crippen molar-refractivity contribution in [3.63, 3.8) is 0 Å². The fourth-order valence-corrected chi connectivity index (χ4v) is 4.03. The van der Waals surface area contributed by atoms with Crippen molar-refractivity contribution in [2.75, 3.05) is 19.6 Å². The van der Waals surface area contributed by atoms with Crippen LogP contribution in [0.15, 0.2) is 12.3 Å². The molecule has 3 aliphatic rings. The Morgan fingerprint density at radius 1 is 1.22 bits per heavy atom. The molecule has 7 nitrogen and oxygen atoms in total. The number of carbonyl (C=O) groups excluding carboxylic acids is 1. The van der Waals surface area contributed by atoms with Crippen molar-refractivity contribution in [2.24, 2.45) is 5.92 Å². The number of ether oxygens (including phenoxy) is 1. The third-order valence-corrected chi connectivity index (χ3v) is 5.41. The number of carbonyl (C=O) groups is 1. The predicted molar refractivity (Wildman–Crippen MR) is 89.5 cm³/mol. The Bertz CT molecular complexity index is 708. The van der Waals surface area contributed by atoms with Gasteiger partial charge >= 0.3 is 6.18 Å². The monoisotopic (exact) mass is 385 g/mol. The summed E-state index contributed by atoms with van der Waals surface area (Å²) < 4.78 is 46.5. The summed E-state index contributed by atoms with van der Waals surface area (Å²) in [5.74, 6) is -2.43. The Kier molecular flexibility index (Phi) is 4.95. The van der Waals surface area contributed by atoms with Gasteiger partial charge in [0, 0.05) is 37.4 Å². The Morgan fingerprint density at radius 2 is 2.00 bits per heavy atom. The second-order valence-electron chi connectivity index (χ2n) is 7.16. The van der Waals surface area contributed by atoms with Crippen molar-refractivity contribution < 1.29 is 22.7 Å². The molecule has 0 aromatic carbocycles. The summed E-state index contributed by atoms with van der Waals surface area (Å²) in [6.07, 6.45) is -1.09. The van der Waals surface area contributed by atoms with Gasteiger partial charge in [-0.25, -0.2) is 5.43 Å². The summed E-state index contributed by atoms with van der Waals surface area (Å²) in [6, 6.07) is 0.789. The van der Waals surface area contributed by atoms with Crippen LogP contribution in [0.1, 0.15) is 24.1 Å². The van der Waals surface area contributed by atoms with Crippen LogP contribution in [-0.4, -0.2) is 53.7 Å². The quantitative estimate of drug-likeness (QED) is 0.712. The average Bonchev–Trinajstić information content (AvgIpc) is 3.06. The second kappa shape index (κ2) is 7.25. The Labute approximate surface area is 154 Å². The zero-order valence-corrected chi connectivity index (χ0v) is 14.7. The highest BCUT2D eigenvalue weighted by Crippen LogP contribution is 2.38. The summed E-state index contributed by atoms with van der Waals surface area (Å²) in [4.78, 5) is 17.8. The lowest BCUT2D eigenvalue weighted by Gasteiger charge is -2.38. The number of amides is 1. The molecule has 0 aliphatic carbocycles. The molecular formula is C17H22F3N5O2. The molecule has 2 saturated heterocycles. The van der Waals surface area contributed by atoms with Gasteiger partial charge in [0.25, 0.3) is 0 Å². The van der Waals surface area contributed by atoms with Gasteiger partial charge in [-0.05, 0) is 32.0 Å². The van der Waals surface area contributed by atoms with Gasteiger partial charge in [-0.1, -0.05) is 0 Å². The van der Waals surface area contributed by atoms with Crippen LogP contribution in [0.3, 0.4) is 0 Å². The molecule has 3 N–H and O–H groups in total. The van der Waals surface area contributed by atoms with E-state index in [1.54, 1.807) is 17.2 Å².